The van der Waals surface area contributed by atoms with Crippen molar-refractivity contribution >= 4 is 33.5 Å². The van der Waals surface area contributed by atoms with E-state index >= 15 is 0 Å². The molecule has 1 aliphatic heterocycles. The van der Waals surface area contributed by atoms with E-state index in [-0.39, 0.29) is 17.9 Å². The quantitative estimate of drug-likeness (QED) is 0.262. The fraction of sp³-hybridized carbons (Fsp3) is 0.105. The number of carbonyl (C=O) groups excluding carboxylic acids is 1. The van der Waals surface area contributed by atoms with Crippen molar-refractivity contribution in [3.63, 3.8) is 0 Å². The number of ether oxygens (including phenoxy) is 1. The molecule has 25 heavy (non-hydrogen) atoms. The number of esters is 1. The van der Waals surface area contributed by atoms with Crippen molar-refractivity contribution in [1.29, 1.82) is 0 Å². The van der Waals surface area contributed by atoms with Crippen LogP contribution in [-0.4, -0.2) is 17.6 Å². The van der Waals surface area contributed by atoms with Gasteiger partial charge in [-0.3, -0.25) is 4.79 Å². The average Bonchev–Trinajstić information content (AvgIpc) is 2.61. The third-order valence-corrected chi connectivity index (χ3v) is 4.00. The molecule has 124 valence electrons. The molecule has 2 aromatic carbocycles. The van der Waals surface area contributed by atoms with Crippen LogP contribution in [0.1, 0.15) is 17.3 Å². The largest absolute Gasteiger partial charge is 0.462 e. The standard InChI is InChI=1S/C19H14N2O4/c1-2-24-19(23)15-17(22)12-6-4-3-5-11(12)16-18(15)25-14-9-10(20)7-8-13(14)21-16/h3-9H,2,20H2,1H3. The SMILES string of the molecule is CCOC(=O)c1c2oc3cc(N)ccc3nc-2c2ccccc2c1=O. The Bertz CT molecular complexity index is 1160. The number of hydrogen-bond acceptors (Lipinski definition) is 6. The van der Waals surface area contributed by atoms with Crippen molar-refractivity contribution in [3.8, 4) is 11.5 Å². The highest BCUT2D eigenvalue weighted by Crippen LogP contribution is 2.33. The lowest BCUT2D eigenvalue weighted by Gasteiger charge is -2.13. The Morgan fingerprint density at radius 1 is 1.20 bits per heavy atom. The first-order chi connectivity index (χ1) is 12.1. The minimum Gasteiger partial charge on any atom is -0.462 e. The molecule has 0 saturated carbocycles. The summed E-state index contributed by atoms with van der Waals surface area (Å²) in [5, 5.41) is 1.02. The number of hydrogen-bond donors (Lipinski definition) is 1. The maximum Gasteiger partial charge on any atom is 0.346 e. The predicted molar refractivity (Wildman–Crippen MR) is 94.8 cm³/mol. The predicted octanol–water partition coefficient (Wildman–Crippen LogP) is 3.20. The number of fused-ring (bicyclic) bond motifs is 4. The van der Waals surface area contributed by atoms with Gasteiger partial charge < -0.3 is 14.9 Å². The zero-order chi connectivity index (χ0) is 17.6. The minimum atomic E-state index is -0.725. The van der Waals surface area contributed by atoms with E-state index in [2.05, 4.69) is 4.98 Å². The molecule has 6 nitrogen and oxygen atoms in total. The van der Waals surface area contributed by atoms with Crippen molar-refractivity contribution in [2.45, 2.75) is 6.92 Å². The second-order valence-corrected chi connectivity index (χ2v) is 5.59. The Balaban J connectivity index is 2.22. The van der Waals surface area contributed by atoms with Crippen LogP contribution in [0.5, 0.6) is 0 Å². The summed E-state index contributed by atoms with van der Waals surface area (Å²) >= 11 is 0. The summed E-state index contributed by atoms with van der Waals surface area (Å²) in [7, 11) is 0. The number of benzene rings is 3. The Kier molecular flexibility index (Phi) is 3.39. The Hall–Kier alpha value is -3.41. The van der Waals surface area contributed by atoms with E-state index in [4.69, 9.17) is 14.9 Å². The van der Waals surface area contributed by atoms with Crippen LogP contribution in [0, 0.1) is 0 Å². The van der Waals surface area contributed by atoms with Crippen LogP contribution >= 0.6 is 0 Å². The van der Waals surface area contributed by atoms with Gasteiger partial charge in [-0.25, -0.2) is 9.78 Å². The van der Waals surface area contributed by atoms with Crippen molar-refractivity contribution in [2.75, 3.05) is 12.3 Å². The molecule has 0 bridgehead atoms. The first-order valence-corrected chi connectivity index (χ1v) is 7.82. The molecule has 2 aromatic rings. The second kappa shape index (κ2) is 5.59. The van der Waals surface area contributed by atoms with Gasteiger partial charge >= 0.3 is 5.97 Å². The first-order valence-electron chi connectivity index (χ1n) is 7.82. The molecule has 0 fully saturated rings. The molecule has 0 amide bonds. The Morgan fingerprint density at radius 3 is 2.72 bits per heavy atom. The lowest BCUT2D eigenvalue weighted by molar-refractivity contribution is 0.0524. The molecule has 2 aliphatic rings. The monoisotopic (exact) mass is 334 g/mol. The molecular weight excluding hydrogens is 320 g/mol. The molecule has 6 heteroatoms. The van der Waals surface area contributed by atoms with Crippen molar-refractivity contribution in [1.82, 2.24) is 4.98 Å². The number of carbonyl (C=O) groups is 1. The molecule has 2 N–H and O–H groups in total. The molecule has 1 heterocycles. The summed E-state index contributed by atoms with van der Waals surface area (Å²) in [5.41, 5.74) is 7.13. The third kappa shape index (κ3) is 2.30. The highest BCUT2D eigenvalue weighted by molar-refractivity contribution is 6.06. The van der Waals surface area contributed by atoms with Crippen LogP contribution in [0.2, 0.25) is 0 Å². The molecule has 0 atom stereocenters. The summed E-state index contributed by atoms with van der Waals surface area (Å²) in [6.07, 6.45) is 0. The first kappa shape index (κ1) is 15.1. The van der Waals surface area contributed by atoms with Crippen LogP contribution in [0.15, 0.2) is 51.7 Å². The van der Waals surface area contributed by atoms with Gasteiger partial charge in [0, 0.05) is 22.5 Å². The number of nitrogen functional groups attached to an aromatic ring is 1. The fourth-order valence-electron chi connectivity index (χ4n) is 2.90. The van der Waals surface area contributed by atoms with E-state index in [1.54, 1.807) is 49.4 Å². The molecule has 0 radical (unpaired) electrons. The summed E-state index contributed by atoms with van der Waals surface area (Å²) in [5.74, 6) is -0.614. The lowest BCUT2D eigenvalue weighted by atomic mass is 9.99. The van der Waals surface area contributed by atoms with Crippen LogP contribution in [-0.2, 0) is 4.74 Å². The molecule has 0 unspecified atom stereocenters. The molecule has 0 saturated heterocycles. The number of anilines is 1. The number of nitrogens with zero attached hydrogens (tertiary/aromatic N) is 1. The van der Waals surface area contributed by atoms with Crippen molar-refractivity contribution < 1.29 is 13.9 Å². The molecule has 0 spiro atoms. The maximum atomic E-state index is 12.8. The Labute approximate surface area is 142 Å². The topological polar surface area (TPSA) is 95.4 Å². The second-order valence-electron chi connectivity index (χ2n) is 5.59. The number of aromatic nitrogens is 1. The molecule has 0 aromatic heterocycles. The van der Waals surface area contributed by atoms with Crippen LogP contribution in [0.3, 0.4) is 0 Å². The van der Waals surface area contributed by atoms with E-state index in [1.165, 1.54) is 0 Å². The van der Waals surface area contributed by atoms with Crippen LogP contribution < -0.4 is 11.2 Å². The van der Waals surface area contributed by atoms with Gasteiger partial charge in [-0.1, -0.05) is 24.3 Å². The van der Waals surface area contributed by atoms with Crippen LogP contribution in [0.25, 0.3) is 33.3 Å². The lowest BCUT2D eigenvalue weighted by Crippen LogP contribution is -2.20. The van der Waals surface area contributed by atoms with Gasteiger partial charge in [0.1, 0.15) is 11.2 Å². The third-order valence-electron chi connectivity index (χ3n) is 4.00. The zero-order valence-electron chi connectivity index (χ0n) is 13.4. The smallest absolute Gasteiger partial charge is 0.346 e. The van der Waals surface area contributed by atoms with E-state index in [0.29, 0.717) is 33.3 Å². The van der Waals surface area contributed by atoms with E-state index in [0.717, 1.165) is 0 Å². The maximum absolute atomic E-state index is 12.8. The Morgan fingerprint density at radius 2 is 1.96 bits per heavy atom. The van der Waals surface area contributed by atoms with Gasteiger partial charge in [-0.05, 0) is 19.1 Å². The van der Waals surface area contributed by atoms with Gasteiger partial charge in [-0.2, -0.15) is 0 Å². The summed E-state index contributed by atoms with van der Waals surface area (Å²) < 4.78 is 10.9. The summed E-state index contributed by atoms with van der Waals surface area (Å²) in [6, 6.07) is 12.0. The van der Waals surface area contributed by atoms with E-state index < -0.39 is 11.4 Å². The summed E-state index contributed by atoms with van der Waals surface area (Å²) in [4.78, 5) is 29.8. The van der Waals surface area contributed by atoms with Gasteiger partial charge in [0.05, 0.1) is 6.61 Å². The molecule has 4 rings (SSSR count). The average molecular weight is 334 g/mol. The summed E-state index contributed by atoms with van der Waals surface area (Å²) in [6.45, 7) is 1.83. The zero-order valence-corrected chi connectivity index (χ0v) is 13.4. The van der Waals surface area contributed by atoms with Gasteiger partial charge in [0.25, 0.3) is 0 Å². The molecule has 1 aliphatic carbocycles. The van der Waals surface area contributed by atoms with E-state index in [1.807, 2.05) is 0 Å². The van der Waals surface area contributed by atoms with Gasteiger partial charge in [0.2, 0.25) is 5.43 Å². The van der Waals surface area contributed by atoms with E-state index in [9.17, 15) is 9.59 Å². The van der Waals surface area contributed by atoms with Crippen molar-refractivity contribution in [3.05, 3.63) is 58.3 Å². The normalized spacial score (nSPS) is 11.2. The number of rotatable bonds is 2. The van der Waals surface area contributed by atoms with Crippen molar-refractivity contribution in [2.24, 2.45) is 0 Å². The van der Waals surface area contributed by atoms with Gasteiger partial charge in [-0.15, -0.1) is 0 Å². The highest BCUT2D eigenvalue weighted by Gasteiger charge is 2.27. The minimum absolute atomic E-state index is 0.111. The van der Waals surface area contributed by atoms with Crippen LogP contribution in [0.4, 0.5) is 5.69 Å². The molecular formula is C19H14N2O4. The van der Waals surface area contributed by atoms with Gasteiger partial charge in [0.15, 0.2) is 16.9 Å². The highest BCUT2D eigenvalue weighted by atomic mass is 16.5. The fourth-order valence-corrected chi connectivity index (χ4v) is 2.90. The number of nitrogens with two attached hydrogens (primary N) is 1.